The van der Waals surface area contributed by atoms with E-state index < -0.39 is 6.10 Å². The molecular weight excluding hydrogens is 302 g/mol. The molecule has 0 aliphatic rings. The molecule has 2 rings (SSSR count). The first kappa shape index (κ1) is 16.5. The van der Waals surface area contributed by atoms with Crippen molar-refractivity contribution < 1.29 is 14.6 Å². The first-order valence-electron chi connectivity index (χ1n) is 6.90. The first-order valence-corrected chi connectivity index (χ1v) is 7.28. The van der Waals surface area contributed by atoms with Gasteiger partial charge in [-0.15, -0.1) is 0 Å². The molecule has 0 saturated carbocycles. The third-order valence-electron chi connectivity index (χ3n) is 3.22. The Kier molecular flexibility index (Phi) is 5.95. The van der Waals surface area contributed by atoms with E-state index in [-0.39, 0.29) is 12.5 Å². The zero-order valence-electron chi connectivity index (χ0n) is 12.3. The second-order valence-corrected chi connectivity index (χ2v) is 5.29. The molecule has 0 aliphatic carbocycles. The van der Waals surface area contributed by atoms with Gasteiger partial charge in [-0.2, -0.15) is 0 Å². The summed E-state index contributed by atoms with van der Waals surface area (Å²) in [7, 11) is 1.60. The molecular formula is C17H18ClNO3. The van der Waals surface area contributed by atoms with Crippen molar-refractivity contribution in [3.63, 3.8) is 0 Å². The number of amides is 1. The van der Waals surface area contributed by atoms with Gasteiger partial charge in [0.1, 0.15) is 0 Å². The number of carbonyl (C=O) groups is 1. The van der Waals surface area contributed by atoms with Gasteiger partial charge in [-0.1, -0.05) is 41.9 Å². The number of nitrogens with one attached hydrogen (secondary N) is 1. The average molecular weight is 320 g/mol. The molecule has 22 heavy (non-hydrogen) atoms. The highest BCUT2D eigenvalue weighted by atomic mass is 35.5. The number of carbonyl (C=O) groups excluding carboxylic acids is 1. The zero-order valence-corrected chi connectivity index (χ0v) is 13.0. The van der Waals surface area contributed by atoms with Crippen molar-refractivity contribution in [2.45, 2.75) is 12.7 Å². The van der Waals surface area contributed by atoms with E-state index >= 15 is 0 Å². The summed E-state index contributed by atoms with van der Waals surface area (Å²) in [4.78, 5) is 12.1. The Labute approximate surface area is 134 Å². The number of benzene rings is 2. The number of hydrogen-bond donors (Lipinski definition) is 2. The zero-order chi connectivity index (χ0) is 15.9. The van der Waals surface area contributed by atoms with Crippen LogP contribution in [0.25, 0.3) is 0 Å². The highest BCUT2D eigenvalue weighted by Crippen LogP contribution is 2.21. The second-order valence-electron chi connectivity index (χ2n) is 4.88. The van der Waals surface area contributed by atoms with Crippen molar-refractivity contribution in [2.75, 3.05) is 13.7 Å². The predicted molar refractivity (Wildman–Crippen MR) is 85.9 cm³/mol. The molecule has 1 amide bonds. The molecule has 2 aromatic rings. The minimum atomic E-state index is -0.847. The fourth-order valence-corrected chi connectivity index (χ4v) is 2.38. The average Bonchev–Trinajstić information content (AvgIpc) is 2.53. The van der Waals surface area contributed by atoms with E-state index in [0.717, 1.165) is 5.56 Å². The Morgan fingerprint density at radius 1 is 1.27 bits per heavy atom. The van der Waals surface area contributed by atoms with Crippen LogP contribution in [0.4, 0.5) is 0 Å². The van der Waals surface area contributed by atoms with E-state index in [1.165, 1.54) is 0 Å². The maximum Gasteiger partial charge on any atom is 0.251 e. The van der Waals surface area contributed by atoms with Gasteiger partial charge in [0.05, 0.1) is 12.7 Å². The normalized spacial score (nSPS) is 12.0. The number of rotatable bonds is 6. The lowest BCUT2D eigenvalue weighted by Crippen LogP contribution is -2.28. The van der Waals surface area contributed by atoms with E-state index in [9.17, 15) is 9.90 Å². The fraction of sp³-hybridized carbons (Fsp3) is 0.235. The molecule has 0 heterocycles. The van der Waals surface area contributed by atoms with E-state index in [1.807, 2.05) is 6.07 Å². The summed E-state index contributed by atoms with van der Waals surface area (Å²) < 4.78 is 5.05. The van der Waals surface area contributed by atoms with Gasteiger partial charge in [0.25, 0.3) is 5.91 Å². The van der Waals surface area contributed by atoms with Gasteiger partial charge >= 0.3 is 0 Å². The Bertz CT molecular complexity index is 645. The molecule has 5 heteroatoms. The SMILES string of the molecule is COCc1cccc(C(=O)NC[C@@H](O)c2ccccc2Cl)c1. The number of ether oxygens (including phenoxy) is 1. The van der Waals surface area contributed by atoms with Gasteiger partial charge in [0.15, 0.2) is 0 Å². The number of aliphatic hydroxyl groups is 1. The standard InChI is InChI=1S/C17H18ClNO3/c1-22-11-12-5-4-6-13(9-12)17(21)19-10-16(20)14-7-2-3-8-15(14)18/h2-9,16,20H,10-11H2,1H3,(H,19,21)/t16-/m1/s1. The Balaban J connectivity index is 1.98. The summed E-state index contributed by atoms with van der Waals surface area (Å²) in [5.41, 5.74) is 2.04. The largest absolute Gasteiger partial charge is 0.387 e. The molecule has 0 unspecified atom stereocenters. The topological polar surface area (TPSA) is 58.6 Å². The molecule has 0 aromatic heterocycles. The van der Waals surface area contributed by atoms with E-state index in [0.29, 0.717) is 22.8 Å². The maximum absolute atomic E-state index is 12.1. The first-order chi connectivity index (χ1) is 10.6. The number of aliphatic hydroxyl groups excluding tert-OH is 1. The third kappa shape index (κ3) is 4.31. The highest BCUT2D eigenvalue weighted by Gasteiger charge is 2.13. The predicted octanol–water partition coefficient (Wildman–Crippen LogP) is 2.95. The monoisotopic (exact) mass is 319 g/mol. The second kappa shape index (κ2) is 7.94. The lowest BCUT2D eigenvalue weighted by molar-refractivity contribution is 0.0916. The van der Waals surface area contributed by atoms with Crippen molar-refractivity contribution >= 4 is 17.5 Å². The summed E-state index contributed by atoms with van der Waals surface area (Å²) >= 11 is 6.02. The van der Waals surface area contributed by atoms with Gasteiger partial charge in [-0.25, -0.2) is 0 Å². The lowest BCUT2D eigenvalue weighted by Gasteiger charge is -2.14. The number of halogens is 1. The molecule has 2 aromatic carbocycles. The quantitative estimate of drug-likeness (QED) is 0.860. The van der Waals surface area contributed by atoms with Crippen molar-refractivity contribution in [1.82, 2.24) is 5.32 Å². The number of methoxy groups -OCH3 is 1. The van der Waals surface area contributed by atoms with Crippen LogP contribution in [0.15, 0.2) is 48.5 Å². The summed E-state index contributed by atoms with van der Waals surface area (Å²) in [6.45, 7) is 0.542. The van der Waals surface area contributed by atoms with Crippen LogP contribution in [-0.2, 0) is 11.3 Å². The van der Waals surface area contributed by atoms with Crippen LogP contribution in [0.5, 0.6) is 0 Å². The van der Waals surface area contributed by atoms with Crippen LogP contribution in [-0.4, -0.2) is 24.7 Å². The molecule has 0 spiro atoms. The summed E-state index contributed by atoms with van der Waals surface area (Å²) in [6.07, 6.45) is -0.847. The summed E-state index contributed by atoms with van der Waals surface area (Å²) in [5, 5.41) is 13.3. The van der Waals surface area contributed by atoms with Crippen LogP contribution in [0.1, 0.15) is 27.6 Å². The minimum Gasteiger partial charge on any atom is -0.387 e. The van der Waals surface area contributed by atoms with Crippen LogP contribution in [0.2, 0.25) is 5.02 Å². The maximum atomic E-state index is 12.1. The highest BCUT2D eigenvalue weighted by molar-refractivity contribution is 6.31. The Morgan fingerprint density at radius 3 is 2.77 bits per heavy atom. The Hall–Kier alpha value is -1.88. The van der Waals surface area contributed by atoms with E-state index in [1.54, 1.807) is 49.6 Å². The Morgan fingerprint density at radius 2 is 2.05 bits per heavy atom. The van der Waals surface area contributed by atoms with Crippen LogP contribution in [0, 0.1) is 0 Å². The van der Waals surface area contributed by atoms with Gasteiger partial charge in [-0.05, 0) is 23.8 Å². The van der Waals surface area contributed by atoms with Crippen molar-refractivity contribution in [3.05, 3.63) is 70.2 Å². The fourth-order valence-electron chi connectivity index (χ4n) is 2.12. The van der Waals surface area contributed by atoms with Gasteiger partial charge in [0, 0.05) is 29.8 Å². The summed E-state index contributed by atoms with van der Waals surface area (Å²) in [6, 6.07) is 14.2. The van der Waals surface area contributed by atoms with Gasteiger partial charge < -0.3 is 15.2 Å². The molecule has 2 N–H and O–H groups in total. The molecule has 0 saturated heterocycles. The van der Waals surface area contributed by atoms with Crippen molar-refractivity contribution in [2.24, 2.45) is 0 Å². The van der Waals surface area contributed by atoms with Crippen molar-refractivity contribution in [3.8, 4) is 0 Å². The number of hydrogen-bond acceptors (Lipinski definition) is 3. The molecule has 0 fully saturated rings. The van der Waals surface area contributed by atoms with Crippen LogP contribution in [0.3, 0.4) is 0 Å². The van der Waals surface area contributed by atoms with E-state index in [4.69, 9.17) is 16.3 Å². The van der Waals surface area contributed by atoms with Gasteiger partial charge in [0.2, 0.25) is 0 Å². The van der Waals surface area contributed by atoms with Gasteiger partial charge in [-0.3, -0.25) is 4.79 Å². The van der Waals surface area contributed by atoms with Crippen molar-refractivity contribution in [1.29, 1.82) is 0 Å². The molecule has 1 atom stereocenters. The molecule has 0 bridgehead atoms. The van der Waals surface area contributed by atoms with Crippen LogP contribution >= 0.6 is 11.6 Å². The molecule has 4 nitrogen and oxygen atoms in total. The molecule has 0 radical (unpaired) electrons. The van der Waals surface area contributed by atoms with E-state index in [2.05, 4.69) is 5.32 Å². The molecule has 0 aliphatic heterocycles. The summed E-state index contributed by atoms with van der Waals surface area (Å²) in [5.74, 6) is -0.246. The third-order valence-corrected chi connectivity index (χ3v) is 3.56. The lowest BCUT2D eigenvalue weighted by atomic mass is 10.1. The smallest absolute Gasteiger partial charge is 0.251 e. The molecule has 116 valence electrons. The van der Waals surface area contributed by atoms with Crippen LogP contribution < -0.4 is 5.32 Å². The minimum absolute atomic E-state index is 0.0943.